The van der Waals surface area contributed by atoms with Crippen molar-refractivity contribution in [1.82, 2.24) is 9.80 Å². The lowest BCUT2D eigenvalue weighted by Gasteiger charge is -2.27. The van der Waals surface area contributed by atoms with E-state index >= 15 is 0 Å². The number of nitrogens with zero attached hydrogens (tertiary/aromatic N) is 4. The van der Waals surface area contributed by atoms with Crippen LogP contribution in [0.3, 0.4) is 0 Å². The number of rotatable bonds is 5. The van der Waals surface area contributed by atoms with E-state index in [9.17, 15) is 9.90 Å². The van der Waals surface area contributed by atoms with Crippen LogP contribution in [0.15, 0.2) is 23.2 Å². The topological polar surface area (TPSA) is 62.2 Å². The Labute approximate surface area is 145 Å². The summed E-state index contributed by atoms with van der Waals surface area (Å²) in [7, 11) is 5.86. The molecule has 23 heavy (non-hydrogen) atoms. The summed E-state index contributed by atoms with van der Waals surface area (Å²) in [6, 6.07) is 4.75. The van der Waals surface area contributed by atoms with Crippen LogP contribution >= 0.6 is 23.2 Å². The molecule has 126 valence electrons. The first kappa shape index (κ1) is 17.8. The normalized spacial score (nSPS) is 17.6. The van der Waals surface area contributed by atoms with Crippen molar-refractivity contribution in [2.24, 2.45) is 4.99 Å². The zero-order chi connectivity index (χ0) is 17.1. The van der Waals surface area contributed by atoms with Crippen LogP contribution in [0.2, 0.25) is 10.0 Å². The van der Waals surface area contributed by atoms with Gasteiger partial charge in [0.15, 0.2) is 0 Å². The first-order valence-corrected chi connectivity index (χ1v) is 7.89. The van der Waals surface area contributed by atoms with Gasteiger partial charge < -0.3 is 24.6 Å². The molecule has 1 unspecified atom stereocenters. The van der Waals surface area contributed by atoms with Gasteiger partial charge in [-0.2, -0.15) is 0 Å². The molecule has 1 atom stereocenters. The maximum atomic E-state index is 11.5. The molecule has 0 spiro atoms. The predicted molar refractivity (Wildman–Crippen MR) is 91.6 cm³/mol. The predicted octanol–water partition coefficient (Wildman–Crippen LogP) is 1.42. The highest BCUT2D eigenvalue weighted by Crippen LogP contribution is 2.26. The monoisotopic (exact) mass is 357 g/mol. The summed E-state index contributed by atoms with van der Waals surface area (Å²) in [5.41, 5.74) is 0.370. The van der Waals surface area contributed by atoms with Crippen molar-refractivity contribution in [3.05, 3.63) is 28.2 Å². The average molecular weight is 358 g/mol. The maximum absolute atomic E-state index is 11.5. The fraction of sp³-hybridized carbons (Fsp3) is 0.467. The second kappa shape index (κ2) is 7.38. The van der Waals surface area contributed by atoms with E-state index in [0.717, 1.165) is 18.0 Å². The second-order valence-corrected chi connectivity index (χ2v) is 6.69. The summed E-state index contributed by atoms with van der Waals surface area (Å²) in [4.78, 5) is 21.2. The Bertz CT molecular complexity index is 601. The number of benzene rings is 1. The van der Waals surface area contributed by atoms with Gasteiger partial charge in [0.05, 0.1) is 12.6 Å². The molecule has 1 aromatic rings. The number of halogens is 2. The standard InChI is InChI=1S/C15H20Cl2N4O2/c1-19(2)7-12-8-20(3)14(18-12)9-21(15(22)23)13-5-10(16)4-11(17)6-13/h4-6,12H,7-9H2,1-3H3,(H,22,23)/p-1. The summed E-state index contributed by atoms with van der Waals surface area (Å²) < 4.78 is 0. The van der Waals surface area contributed by atoms with Crippen molar-refractivity contribution in [2.45, 2.75) is 6.04 Å². The lowest BCUT2D eigenvalue weighted by atomic mass is 10.3. The molecule has 1 heterocycles. The van der Waals surface area contributed by atoms with E-state index in [2.05, 4.69) is 9.89 Å². The zero-order valence-electron chi connectivity index (χ0n) is 13.3. The van der Waals surface area contributed by atoms with E-state index in [1.807, 2.05) is 26.0 Å². The highest BCUT2D eigenvalue weighted by molar-refractivity contribution is 6.35. The second-order valence-electron chi connectivity index (χ2n) is 5.82. The van der Waals surface area contributed by atoms with Crippen LogP contribution in [0.5, 0.6) is 0 Å². The lowest BCUT2D eigenvalue weighted by molar-refractivity contribution is -0.246. The third-order valence-electron chi connectivity index (χ3n) is 3.51. The van der Waals surface area contributed by atoms with Gasteiger partial charge in [-0.1, -0.05) is 23.2 Å². The number of carboxylic acid groups (broad SMARTS) is 1. The quantitative estimate of drug-likeness (QED) is 0.799. The van der Waals surface area contributed by atoms with E-state index < -0.39 is 6.09 Å². The first-order chi connectivity index (χ1) is 10.8. The van der Waals surface area contributed by atoms with Crippen LogP contribution in [0.1, 0.15) is 0 Å². The number of amidine groups is 1. The van der Waals surface area contributed by atoms with E-state index in [-0.39, 0.29) is 12.6 Å². The zero-order valence-corrected chi connectivity index (χ0v) is 14.8. The molecule has 1 aliphatic rings. The minimum Gasteiger partial charge on any atom is -0.530 e. The molecule has 1 aliphatic heterocycles. The summed E-state index contributed by atoms with van der Waals surface area (Å²) in [6.07, 6.45) is -1.32. The van der Waals surface area contributed by atoms with Crippen LogP contribution < -0.4 is 10.0 Å². The third kappa shape index (κ3) is 4.73. The van der Waals surface area contributed by atoms with Gasteiger partial charge in [-0.3, -0.25) is 4.99 Å². The molecule has 1 aromatic carbocycles. The SMILES string of the molecule is CN(C)CC1CN(C)C(CN(C(=O)[O-])c2cc(Cl)cc(Cl)c2)=N1. The third-order valence-corrected chi connectivity index (χ3v) is 3.95. The molecule has 2 rings (SSSR count). The van der Waals surface area contributed by atoms with E-state index in [0.29, 0.717) is 21.6 Å². The first-order valence-electron chi connectivity index (χ1n) is 7.13. The largest absolute Gasteiger partial charge is 0.530 e. The van der Waals surface area contributed by atoms with Gasteiger partial charge in [-0.05, 0) is 32.3 Å². The van der Waals surface area contributed by atoms with Crippen molar-refractivity contribution >= 4 is 40.8 Å². The van der Waals surface area contributed by atoms with E-state index in [1.165, 1.54) is 12.1 Å². The van der Waals surface area contributed by atoms with Gasteiger partial charge in [-0.15, -0.1) is 0 Å². The Morgan fingerprint density at radius 3 is 2.48 bits per heavy atom. The highest BCUT2D eigenvalue weighted by Gasteiger charge is 2.25. The fourth-order valence-corrected chi connectivity index (χ4v) is 3.07. The van der Waals surface area contributed by atoms with Gasteiger partial charge in [0, 0.05) is 35.9 Å². The Balaban J connectivity index is 2.21. The van der Waals surface area contributed by atoms with E-state index in [1.54, 1.807) is 6.07 Å². The summed E-state index contributed by atoms with van der Waals surface area (Å²) in [5, 5.41) is 12.3. The Hall–Kier alpha value is -1.50. The maximum Gasteiger partial charge on any atom is 0.142 e. The number of amides is 1. The molecule has 8 heteroatoms. The van der Waals surface area contributed by atoms with Crippen LogP contribution in [0.4, 0.5) is 10.5 Å². The molecule has 0 N–H and O–H groups in total. The van der Waals surface area contributed by atoms with Crippen molar-refractivity contribution in [3.8, 4) is 0 Å². The Morgan fingerprint density at radius 2 is 1.96 bits per heavy atom. The molecule has 6 nitrogen and oxygen atoms in total. The summed E-state index contributed by atoms with van der Waals surface area (Å²) in [5.74, 6) is 0.692. The number of likely N-dealkylation sites (N-methyl/N-ethyl adjacent to an activating group) is 2. The number of hydrogen-bond acceptors (Lipinski definition) is 5. The summed E-state index contributed by atoms with van der Waals surface area (Å²) in [6.45, 7) is 1.66. The van der Waals surface area contributed by atoms with E-state index in [4.69, 9.17) is 23.2 Å². The molecule has 0 aromatic heterocycles. The number of carbonyl (C=O) groups is 1. The van der Waals surface area contributed by atoms with Crippen molar-refractivity contribution in [3.63, 3.8) is 0 Å². The van der Waals surface area contributed by atoms with Crippen molar-refractivity contribution in [2.75, 3.05) is 45.7 Å². The molecule has 1 amide bonds. The fourth-order valence-electron chi connectivity index (χ4n) is 2.55. The van der Waals surface area contributed by atoms with Crippen molar-refractivity contribution < 1.29 is 9.90 Å². The molecule has 0 saturated heterocycles. The van der Waals surface area contributed by atoms with Gasteiger partial charge in [-0.25, -0.2) is 0 Å². The lowest BCUT2D eigenvalue weighted by Crippen LogP contribution is -2.46. The average Bonchev–Trinajstić information content (AvgIpc) is 2.73. The number of aliphatic imine (C=N–C) groups is 1. The number of anilines is 1. The molecule has 0 saturated carbocycles. The minimum absolute atomic E-state index is 0.0967. The number of hydrogen-bond donors (Lipinski definition) is 0. The molecule has 0 fully saturated rings. The molecular weight excluding hydrogens is 339 g/mol. The van der Waals surface area contributed by atoms with Crippen LogP contribution in [-0.4, -0.2) is 68.5 Å². The number of carbonyl (C=O) groups excluding carboxylic acids is 1. The van der Waals surface area contributed by atoms with Gasteiger partial charge in [0.2, 0.25) is 0 Å². The van der Waals surface area contributed by atoms with Crippen LogP contribution in [-0.2, 0) is 0 Å². The van der Waals surface area contributed by atoms with Gasteiger partial charge in [0.1, 0.15) is 11.9 Å². The molecule has 0 radical (unpaired) electrons. The Morgan fingerprint density at radius 1 is 1.35 bits per heavy atom. The molecular formula is C15H19Cl2N4O2-. The summed E-state index contributed by atoms with van der Waals surface area (Å²) >= 11 is 11.9. The molecule has 0 bridgehead atoms. The highest BCUT2D eigenvalue weighted by atomic mass is 35.5. The molecule has 0 aliphatic carbocycles. The van der Waals surface area contributed by atoms with Crippen LogP contribution in [0.25, 0.3) is 0 Å². The Kier molecular flexibility index (Phi) is 5.73. The van der Waals surface area contributed by atoms with Crippen molar-refractivity contribution in [1.29, 1.82) is 0 Å². The van der Waals surface area contributed by atoms with Gasteiger partial charge in [0.25, 0.3) is 0 Å². The minimum atomic E-state index is -1.32. The van der Waals surface area contributed by atoms with Crippen LogP contribution in [0, 0.1) is 0 Å². The smallest absolute Gasteiger partial charge is 0.142 e. The van der Waals surface area contributed by atoms with Gasteiger partial charge >= 0.3 is 0 Å².